The number of carbonyl (C=O) groups excluding carboxylic acids is 1. The van der Waals surface area contributed by atoms with Crippen LogP contribution >= 0.6 is 0 Å². The number of pyridine rings is 1. The van der Waals surface area contributed by atoms with Crippen LogP contribution in [0.3, 0.4) is 0 Å². The van der Waals surface area contributed by atoms with E-state index in [2.05, 4.69) is 20.2 Å². The van der Waals surface area contributed by atoms with Gasteiger partial charge in [0.25, 0.3) is 6.01 Å². The van der Waals surface area contributed by atoms with Crippen LogP contribution in [-0.2, 0) is 0 Å². The number of hydrogen-bond donors (Lipinski definition) is 1. The Bertz CT molecular complexity index is 697. The quantitative estimate of drug-likeness (QED) is 0.919. The van der Waals surface area contributed by atoms with Gasteiger partial charge >= 0.3 is 6.03 Å². The first kappa shape index (κ1) is 15.6. The standard InChI is InChI=1S/C16H23N5O2/c1-11(2)17-15(22)20-7-4-8-21(10-9-20)16-19-14-13(23-16)6-5-12(3)18-14/h5-6,11H,4,7-10H2,1-3H3,(H,17,22). The second-order valence-electron chi connectivity index (χ2n) is 6.20. The molecule has 0 saturated carbocycles. The Morgan fingerprint density at radius 1 is 1.22 bits per heavy atom. The van der Waals surface area contributed by atoms with Crippen molar-refractivity contribution in [2.75, 3.05) is 31.1 Å². The van der Waals surface area contributed by atoms with E-state index < -0.39 is 0 Å². The van der Waals surface area contributed by atoms with E-state index in [1.165, 1.54) is 0 Å². The molecule has 23 heavy (non-hydrogen) atoms. The molecule has 0 aromatic carbocycles. The molecule has 2 aromatic heterocycles. The molecule has 3 rings (SSSR count). The second kappa shape index (κ2) is 6.44. The fourth-order valence-corrected chi connectivity index (χ4v) is 2.69. The fraction of sp³-hybridized carbons (Fsp3) is 0.562. The molecule has 1 aliphatic heterocycles. The zero-order chi connectivity index (χ0) is 16.4. The molecule has 3 heterocycles. The zero-order valence-electron chi connectivity index (χ0n) is 13.9. The van der Waals surface area contributed by atoms with Crippen LogP contribution in [0.25, 0.3) is 11.2 Å². The molecule has 0 bridgehead atoms. The third-order valence-electron chi connectivity index (χ3n) is 3.85. The Morgan fingerprint density at radius 2 is 2.04 bits per heavy atom. The number of nitrogens with one attached hydrogen (secondary N) is 1. The fourth-order valence-electron chi connectivity index (χ4n) is 2.69. The molecule has 0 spiro atoms. The van der Waals surface area contributed by atoms with Crippen molar-refractivity contribution in [3.05, 3.63) is 17.8 Å². The van der Waals surface area contributed by atoms with Crippen LogP contribution in [0.2, 0.25) is 0 Å². The average Bonchev–Trinajstić information content (AvgIpc) is 2.74. The lowest BCUT2D eigenvalue weighted by Gasteiger charge is -2.22. The third-order valence-corrected chi connectivity index (χ3v) is 3.85. The largest absolute Gasteiger partial charge is 0.422 e. The van der Waals surface area contributed by atoms with Crippen LogP contribution in [-0.4, -0.2) is 53.1 Å². The molecule has 2 aromatic rings. The molecule has 0 radical (unpaired) electrons. The SMILES string of the molecule is Cc1ccc2oc(N3CCCN(C(=O)NC(C)C)CC3)nc2n1. The lowest BCUT2D eigenvalue weighted by molar-refractivity contribution is 0.199. The molecule has 1 aliphatic rings. The summed E-state index contributed by atoms with van der Waals surface area (Å²) in [5, 5.41) is 2.94. The summed E-state index contributed by atoms with van der Waals surface area (Å²) in [7, 11) is 0. The number of anilines is 1. The summed E-state index contributed by atoms with van der Waals surface area (Å²) in [5.74, 6) is 0. The number of hydrogen-bond acceptors (Lipinski definition) is 5. The van der Waals surface area contributed by atoms with Crippen LogP contribution in [0.1, 0.15) is 26.0 Å². The van der Waals surface area contributed by atoms with Gasteiger partial charge in [-0.05, 0) is 39.3 Å². The van der Waals surface area contributed by atoms with Crippen molar-refractivity contribution in [3.63, 3.8) is 0 Å². The van der Waals surface area contributed by atoms with E-state index in [-0.39, 0.29) is 12.1 Å². The van der Waals surface area contributed by atoms with Gasteiger partial charge in [-0.2, -0.15) is 4.98 Å². The molecule has 0 unspecified atom stereocenters. The monoisotopic (exact) mass is 317 g/mol. The van der Waals surface area contributed by atoms with Gasteiger partial charge in [0.05, 0.1) is 0 Å². The molecule has 2 amide bonds. The average molecular weight is 317 g/mol. The van der Waals surface area contributed by atoms with Gasteiger partial charge in [-0.15, -0.1) is 0 Å². The molecule has 1 N–H and O–H groups in total. The van der Waals surface area contributed by atoms with Crippen LogP contribution in [0, 0.1) is 6.92 Å². The van der Waals surface area contributed by atoms with Gasteiger partial charge < -0.3 is 19.5 Å². The molecule has 7 heteroatoms. The topological polar surface area (TPSA) is 74.5 Å². The maximum absolute atomic E-state index is 12.1. The third kappa shape index (κ3) is 3.55. The first-order valence-corrected chi connectivity index (χ1v) is 8.07. The van der Waals surface area contributed by atoms with Crippen molar-refractivity contribution in [1.29, 1.82) is 0 Å². The molecule has 0 aliphatic carbocycles. The Hall–Kier alpha value is -2.31. The number of carbonyl (C=O) groups is 1. The van der Waals surface area contributed by atoms with E-state index >= 15 is 0 Å². The number of oxazole rings is 1. The van der Waals surface area contributed by atoms with E-state index in [0.717, 1.165) is 25.2 Å². The van der Waals surface area contributed by atoms with Crippen molar-refractivity contribution >= 4 is 23.3 Å². The van der Waals surface area contributed by atoms with Crippen LogP contribution in [0.4, 0.5) is 10.8 Å². The molecule has 0 atom stereocenters. The zero-order valence-corrected chi connectivity index (χ0v) is 13.9. The highest BCUT2D eigenvalue weighted by Gasteiger charge is 2.22. The predicted molar refractivity (Wildman–Crippen MR) is 88.6 cm³/mol. The molecule has 7 nitrogen and oxygen atoms in total. The van der Waals surface area contributed by atoms with Gasteiger partial charge in [0, 0.05) is 37.9 Å². The van der Waals surface area contributed by atoms with Crippen LogP contribution in [0.5, 0.6) is 0 Å². The summed E-state index contributed by atoms with van der Waals surface area (Å²) in [5.41, 5.74) is 2.26. The maximum atomic E-state index is 12.1. The van der Waals surface area contributed by atoms with Gasteiger partial charge in [-0.3, -0.25) is 0 Å². The van der Waals surface area contributed by atoms with E-state index in [9.17, 15) is 4.79 Å². The van der Waals surface area contributed by atoms with Crippen molar-refractivity contribution < 1.29 is 9.21 Å². The Balaban J connectivity index is 1.70. The van der Waals surface area contributed by atoms with E-state index in [1.54, 1.807) is 0 Å². The van der Waals surface area contributed by atoms with Gasteiger partial charge in [0.2, 0.25) is 5.65 Å². The Morgan fingerprint density at radius 3 is 2.83 bits per heavy atom. The second-order valence-corrected chi connectivity index (χ2v) is 6.20. The highest BCUT2D eigenvalue weighted by Crippen LogP contribution is 2.22. The first-order chi connectivity index (χ1) is 11.0. The van der Waals surface area contributed by atoms with E-state index in [0.29, 0.717) is 30.3 Å². The predicted octanol–water partition coefficient (Wildman–Crippen LogP) is 2.16. The maximum Gasteiger partial charge on any atom is 0.317 e. The number of fused-ring (bicyclic) bond motifs is 1. The summed E-state index contributed by atoms with van der Waals surface area (Å²) >= 11 is 0. The number of aromatic nitrogens is 2. The van der Waals surface area contributed by atoms with Crippen molar-refractivity contribution in [3.8, 4) is 0 Å². The first-order valence-electron chi connectivity index (χ1n) is 8.07. The summed E-state index contributed by atoms with van der Waals surface area (Å²) < 4.78 is 5.81. The minimum atomic E-state index is -0.00305. The number of aryl methyl sites for hydroxylation is 1. The minimum absolute atomic E-state index is 0.00305. The Labute approximate surface area is 135 Å². The smallest absolute Gasteiger partial charge is 0.317 e. The summed E-state index contributed by atoms with van der Waals surface area (Å²) in [6.45, 7) is 8.79. The van der Waals surface area contributed by atoms with Gasteiger partial charge in [0.1, 0.15) is 0 Å². The number of nitrogens with zero attached hydrogens (tertiary/aromatic N) is 4. The van der Waals surface area contributed by atoms with Gasteiger partial charge in [-0.1, -0.05) is 0 Å². The molecular formula is C16H23N5O2. The summed E-state index contributed by atoms with van der Waals surface area (Å²) in [4.78, 5) is 24.9. The van der Waals surface area contributed by atoms with Crippen LogP contribution < -0.4 is 10.2 Å². The minimum Gasteiger partial charge on any atom is -0.422 e. The molecule has 1 fully saturated rings. The lowest BCUT2D eigenvalue weighted by Crippen LogP contribution is -2.44. The van der Waals surface area contributed by atoms with Crippen molar-refractivity contribution in [2.45, 2.75) is 33.2 Å². The highest BCUT2D eigenvalue weighted by atomic mass is 16.4. The normalized spacial score (nSPS) is 16.0. The number of rotatable bonds is 2. The van der Waals surface area contributed by atoms with Crippen LogP contribution in [0.15, 0.2) is 16.5 Å². The summed E-state index contributed by atoms with van der Waals surface area (Å²) in [6, 6.07) is 4.54. The number of urea groups is 1. The van der Waals surface area contributed by atoms with E-state index in [1.807, 2.05) is 37.8 Å². The lowest BCUT2D eigenvalue weighted by atomic mass is 10.4. The molecule has 124 valence electrons. The van der Waals surface area contributed by atoms with Gasteiger partial charge in [0.15, 0.2) is 5.58 Å². The van der Waals surface area contributed by atoms with Crippen molar-refractivity contribution in [2.24, 2.45) is 0 Å². The molecule has 1 saturated heterocycles. The van der Waals surface area contributed by atoms with Crippen molar-refractivity contribution in [1.82, 2.24) is 20.2 Å². The summed E-state index contributed by atoms with van der Waals surface area (Å²) in [6.07, 6.45) is 0.886. The highest BCUT2D eigenvalue weighted by molar-refractivity contribution is 5.74. The Kier molecular flexibility index (Phi) is 4.36. The van der Waals surface area contributed by atoms with E-state index in [4.69, 9.17) is 4.42 Å². The molecular weight excluding hydrogens is 294 g/mol. The van der Waals surface area contributed by atoms with Gasteiger partial charge in [-0.25, -0.2) is 9.78 Å². The number of amides is 2.